The molecule has 0 aromatic heterocycles. The van der Waals surface area contributed by atoms with Gasteiger partial charge >= 0.3 is 0 Å². The molecule has 148 valence electrons. The highest BCUT2D eigenvalue weighted by Crippen LogP contribution is 2.18. The molecular weight excluding hydrogens is 346 g/mol. The predicted octanol–water partition coefficient (Wildman–Crippen LogP) is 0.344. The average molecular weight is 375 g/mol. The lowest BCUT2D eigenvalue weighted by Crippen LogP contribution is -2.41. The van der Waals surface area contributed by atoms with Crippen LogP contribution in [0.5, 0.6) is 5.75 Å². The second-order valence-electron chi connectivity index (χ2n) is 7.58. The van der Waals surface area contributed by atoms with Crippen LogP contribution >= 0.6 is 0 Å². The number of carbonyl (C=O) groups excluding carboxylic acids is 1. The molecule has 3 aliphatic rings. The summed E-state index contributed by atoms with van der Waals surface area (Å²) in [7, 11) is 0. The van der Waals surface area contributed by atoms with E-state index in [9.17, 15) is 4.79 Å². The molecule has 2 atom stereocenters. The first kappa shape index (κ1) is 18.7. The fourth-order valence-corrected chi connectivity index (χ4v) is 3.92. The first-order valence-corrected chi connectivity index (χ1v) is 9.88. The Morgan fingerprint density at radius 3 is 2.67 bits per heavy atom. The lowest BCUT2D eigenvalue weighted by atomic mass is 10.1. The fraction of sp³-hybridized carbons (Fsp3) is 0.650. The lowest BCUT2D eigenvalue weighted by Gasteiger charge is -2.27. The van der Waals surface area contributed by atoms with Gasteiger partial charge in [-0.05, 0) is 17.7 Å². The van der Waals surface area contributed by atoms with Crippen molar-refractivity contribution in [3.63, 3.8) is 0 Å². The molecule has 0 aliphatic carbocycles. The molecule has 1 aromatic rings. The van der Waals surface area contributed by atoms with Crippen LogP contribution in [-0.4, -0.2) is 87.5 Å². The number of nitrogens with one attached hydrogen (secondary N) is 1. The zero-order valence-corrected chi connectivity index (χ0v) is 15.8. The van der Waals surface area contributed by atoms with E-state index in [1.54, 1.807) is 0 Å². The Bertz CT molecular complexity index is 618. The van der Waals surface area contributed by atoms with E-state index in [1.165, 1.54) is 5.56 Å². The topological polar surface area (TPSA) is 63.3 Å². The van der Waals surface area contributed by atoms with Gasteiger partial charge in [-0.3, -0.25) is 14.6 Å². The molecule has 1 aromatic carbocycles. The number of morpholine rings is 1. The molecule has 3 fully saturated rings. The molecule has 27 heavy (non-hydrogen) atoms. The molecule has 4 rings (SSSR count). The van der Waals surface area contributed by atoms with Gasteiger partial charge in [0, 0.05) is 39.3 Å². The highest BCUT2D eigenvalue weighted by Gasteiger charge is 2.33. The van der Waals surface area contributed by atoms with Crippen LogP contribution in [0, 0.1) is 5.92 Å². The second kappa shape index (κ2) is 9.01. The maximum Gasteiger partial charge on any atom is 0.227 e. The Morgan fingerprint density at radius 2 is 1.85 bits per heavy atom. The van der Waals surface area contributed by atoms with Crippen LogP contribution in [0.2, 0.25) is 0 Å². The van der Waals surface area contributed by atoms with E-state index in [-0.39, 0.29) is 17.9 Å². The third kappa shape index (κ3) is 5.19. The van der Waals surface area contributed by atoms with Crippen molar-refractivity contribution in [2.75, 3.05) is 65.8 Å². The van der Waals surface area contributed by atoms with Crippen molar-refractivity contribution in [3.05, 3.63) is 29.8 Å². The third-order valence-electron chi connectivity index (χ3n) is 5.42. The van der Waals surface area contributed by atoms with Crippen molar-refractivity contribution in [1.82, 2.24) is 15.1 Å². The van der Waals surface area contributed by atoms with Crippen LogP contribution in [-0.2, 0) is 20.8 Å². The first-order valence-electron chi connectivity index (χ1n) is 9.88. The number of hydrogen-bond acceptors (Lipinski definition) is 6. The van der Waals surface area contributed by atoms with E-state index < -0.39 is 0 Å². The van der Waals surface area contributed by atoms with Gasteiger partial charge in [0.1, 0.15) is 12.4 Å². The molecular formula is C20H29N3O4. The van der Waals surface area contributed by atoms with Crippen molar-refractivity contribution < 1.29 is 19.0 Å². The normalized spacial score (nSPS) is 27.0. The van der Waals surface area contributed by atoms with Crippen LogP contribution in [0.4, 0.5) is 0 Å². The van der Waals surface area contributed by atoms with Crippen molar-refractivity contribution in [2.24, 2.45) is 5.92 Å². The van der Waals surface area contributed by atoms with E-state index in [0.29, 0.717) is 19.8 Å². The summed E-state index contributed by atoms with van der Waals surface area (Å²) in [5.41, 5.74) is 1.24. The Balaban J connectivity index is 1.25. The highest BCUT2D eigenvalue weighted by molar-refractivity contribution is 5.79. The maximum atomic E-state index is 12.1. The Kier molecular flexibility index (Phi) is 6.24. The summed E-state index contributed by atoms with van der Waals surface area (Å²) in [5, 5.41) is 3.08. The zero-order valence-electron chi connectivity index (χ0n) is 15.8. The largest absolute Gasteiger partial charge is 0.492 e. The molecule has 7 nitrogen and oxygen atoms in total. The van der Waals surface area contributed by atoms with E-state index in [2.05, 4.69) is 27.2 Å². The van der Waals surface area contributed by atoms with Gasteiger partial charge in [0.15, 0.2) is 0 Å². The quantitative estimate of drug-likeness (QED) is 0.774. The van der Waals surface area contributed by atoms with Crippen LogP contribution in [0.1, 0.15) is 5.56 Å². The SMILES string of the molecule is O=C1N[C@@H]2COC[C@H]1CN(Cc1ccc(OCCN3CCOCC3)cc1)C2. The molecule has 1 amide bonds. The van der Waals surface area contributed by atoms with Crippen LogP contribution in [0.3, 0.4) is 0 Å². The maximum absolute atomic E-state index is 12.1. The minimum atomic E-state index is -0.0692. The molecule has 3 heterocycles. The van der Waals surface area contributed by atoms with Crippen LogP contribution < -0.4 is 10.1 Å². The van der Waals surface area contributed by atoms with Crippen LogP contribution in [0.25, 0.3) is 0 Å². The van der Waals surface area contributed by atoms with Crippen molar-refractivity contribution in [2.45, 2.75) is 12.6 Å². The summed E-state index contributed by atoms with van der Waals surface area (Å²) in [6.45, 7) is 8.80. The van der Waals surface area contributed by atoms with Crippen molar-refractivity contribution in [1.29, 1.82) is 0 Å². The van der Waals surface area contributed by atoms with Crippen molar-refractivity contribution in [3.8, 4) is 5.75 Å². The van der Waals surface area contributed by atoms with E-state index in [4.69, 9.17) is 14.2 Å². The van der Waals surface area contributed by atoms with Gasteiger partial charge in [0.25, 0.3) is 0 Å². The van der Waals surface area contributed by atoms with E-state index in [1.807, 2.05) is 12.1 Å². The average Bonchev–Trinajstić information content (AvgIpc) is 2.93. The van der Waals surface area contributed by atoms with Crippen molar-refractivity contribution >= 4 is 5.91 Å². The predicted molar refractivity (Wildman–Crippen MR) is 101 cm³/mol. The monoisotopic (exact) mass is 375 g/mol. The molecule has 0 saturated carbocycles. The summed E-state index contributed by atoms with van der Waals surface area (Å²) < 4.78 is 16.8. The summed E-state index contributed by atoms with van der Waals surface area (Å²) in [5.74, 6) is 0.967. The molecule has 0 unspecified atom stereocenters. The van der Waals surface area contributed by atoms with Crippen LogP contribution in [0.15, 0.2) is 24.3 Å². The number of benzene rings is 1. The van der Waals surface area contributed by atoms with Gasteiger partial charge in [0.05, 0.1) is 38.4 Å². The number of carbonyl (C=O) groups is 1. The number of rotatable bonds is 6. The van der Waals surface area contributed by atoms with Gasteiger partial charge in [-0.25, -0.2) is 0 Å². The van der Waals surface area contributed by atoms with Gasteiger partial charge in [-0.1, -0.05) is 12.1 Å². The third-order valence-corrected chi connectivity index (χ3v) is 5.42. The molecule has 3 saturated heterocycles. The van der Waals surface area contributed by atoms with Gasteiger partial charge < -0.3 is 19.5 Å². The summed E-state index contributed by atoms with van der Waals surface area (Å²) in [6.07, 6.45) is 0. The standard InChI is InChI=1S/C20H29N3O4/c24-20-17-12-23(13-18(21-20)15-26-14-17)11-16-1-3-19(4-2-16)27-10-7-22-5-8-25-9-6-22/h1-4,17-18H,5-15H2,(H,21,24)/t17-,18+/m1/s1. The fourth-order valence-electron chi connectivity index (χ4n) is 3.92. The summed E-state index contributed by atoms with van der Waals surface area (Å²) in [4.78, 5) is 16.8. The highest BCUT2D eigenvalue weighted by atomic mass is 16.5. The Labute approximate surface area is 160 Å². The lowest BCUT2D eigenvalue weighted by molar-refractivity contribution is -0.125. The van der Waals surface area contributed by atoms with Gasteiger partial charge in [0.2, 0.25) is 5.91 Å². The van der Waals surface area contributed by atoms with E-state index >= 15 is 0 Å². The molecule has 0 radical (unpaired) electrons. The molecule has 3 aliphatic heterocycles. The van der Waals surface area contributed by atoms with Gasteiger partial charge in [-0.15, -0.1) is 0 Å². The number of amides is 1. The number of hydrogen-bond donors (Lipinski definition) is 1. The molecule has 2 bridgehead atoms. The first-order chi connectivity index (χ1) is 13.3. The Morgan fingerprint density at radius 1 is 1.04 bits per heavy atom. The summed E-state index contributed by atoms with van der Waals surface area (Å²) >= 11 is 0. The van der Waals surface area contributed by atoms with Gasteiger partial charge in [-0.2, -0.15) is 0 Å². The molecule has 0 spiro atoms. The second-order valence-corrected chi connectivity index (χ2v) is 7.58. The number of fused-ring (bicyclic) bond motifs is 3. The molecule has 7 heteroatoms. The minimum absolute atomic E-state index is 0.0692. The smallest absolute Gasteiger partial charge is 0.227 e. The number of nitrogens with zero attached hydrogens (tertiary/aromatic N) is 2. The summed E-state index contributed by atoms with van der Waals surface area (Å²) in [6, 6.07) is 8.42. The number of ether oxygens (including phenoxy) is 3. The Hall–Kier alpha value is -1.67. The molecule has 1 N–H and O–H groups in total. The van der Waals surface area contributed by atoms with E-state index in [0.717, 1.165) is 58.2 Å². The minimum Gasteiger partial charge on any atom is -0.492 e. The zero-order chi connectivity index (χ0) is 18.5.